The zero-order valence-corrected chi connectivity index (χ0v) is 22.0. The number of rotatable bonds is 5. The maximum Gasteiger partial charge on any atom is 0.422 e. The molecule has 0 spiro atoms. The van der Waals surface area contributed by atoms with Crippen LogP contribution in [0.5, 0.6) is 5.75 Å². The van der Waals surface area contributed by atoms with Gasteiger partial charge >= 0.3 is 16.4 Å². The van der Waals surface area contributed by atoms with Crippen molar-refractivity contribution in [1.82, 2.24) is 19.4 Å². The van der Waals surface area contributed by atoms with E-state index in [2.05, 4.69) is 16.0 Å². The molecule has 210 valence electrons. The number of aromatic amines is 1. The van der Waals surface area contributed by atoms with Gasteiger partial charge in [0.25, 0.3) is 0 Å². The smallest absolute Gasteiger partial charge is 0.422 e. The van der Waals surface area contributed by atoms with Crippen molar-refractivity contribution >= 4 is 43.1 Å². The first-order valence-corrected chi connectivity index (χ1v) is 13.6. The first-order valence-electron chi connectivity index (χ1n) is 12.2. The number of fused-ring (bicyclic) bond motifs is 4. The molecule has 0 amide bonds. The molecule has 9 nitrogen and oxygen atoms in total. The van der Waals surface area contributed by atoms with Crippen LogP contribution in [0.3, 0.4) is 0 Å². The minimum Gasteiger partial charge on any atom is -0.483 e. The molecule has 6 rings (SSSR count). The highest BCUT2D eigenvalue weighted by Crippen LogP contribution is 2.39. The molecule has 0 radical (unpaired) electrons. The standard InChI is InChI=1S/C27H19F4N5O4S/c1-35-11-16(12-35)36-22-6-19(15-5-17(10-33-9-15)41(31,38)39)23(40-13-27(28,29)30)7-20(22)25(37)24-18-3-2-14(8-32)4-21(18)34-26(24)36/h2-7,9-10,16,34H,11-13H2,1H3. The van der Waals surface area contributed by atoms with Crippen molar-refractivity contribution in [2.75, 3.05) is 26.7 Å². The minimum absolute atomic E-state index is 0.0113. The van der Waals surface area contributed by atoms with Crippen molar-refractivity contribution in [3.8, 4) is 22.9 Å². The lowest BCUT2D eigenvalue weighted by Crippen LogP contribution is -2.45. The molecule has 0 atom stereocenters. The molecule has 1 aliphatic heterocycles. The van der Waals surface area contributed by atoms with E-state index in [9.17, 15) is 35.5 Å². The van der Waals surface area contributed by atoms with Crippen LogP contribution in [-0.2, 0) is 10.2 Å². The maximum atomic E-state index is 13.9. The first-order chi connectivity index (χ1) is 19.3. The van der Waals surface area contributed by atoms with E-state index in [0.29, 0.717) is 46.1 Å². The second kappa shape index (κ2) is 9.28. The molecule has 1 aliphatic rings. The molecular weight excluding hydrogens is 566 g/mol. The van der Waals surface area contributed by atoms with Crippen molar-refractivity contribution in [2.24, 2.45) is 0 Å². The van der Waals surface area contributed by atoms with E-state index in [4.69, 9.17) is 4.74 Å². The summed E-state index contributed by atoms with van der Waals surface area (Å²) in [6.07, 6.45) is -2.77. The average molecular weight is 586 g/mol. The molecule has 41 heavy (non-hydrogen) atoms. The lowest BCUT2D eigenvalue weighted by Gasteiger charge is -2.39. The molecule has 2 aromatic carbocycles. The third-order valence-corrected chi connectivity index (χ3v) is 7.87. The van der Waals surface area contributed by atoms with E-state index < -0.39 is 33.3 Å². The van der Waals surface area contributed by atoms with Gasteiger partial charge in [-0.15, -0.1) is 3.89 Å². The zero-order valence-electron chi connectivity index (χ0n) is 21.2. The monoisotopic (exact) mass is 585 g/mol. The van der Waals surface area contributed by atoms with Crippen LogP contribution in [0.4, 0.5) is 17.1 Å². The number of nitrogens with zero attached hydrogens (tertiary/aromatic N) is 4. The molecule has 1 saturated heterocycles. The summed E-state index contributed by atoms with van der Waals surface area (Å²) >= 11 is 0. The van der Waals surface area contributed by atoms with Gasteiger partial charge in [-0.3, -0.25) is 9.78 Å². The number of pyridine rings is 2. The number of hydrogen-bond donors (Lipinski definition) is 1. The Morgan fingerprint density at radius 1 is 1.15 bits per heavy atom. The fraction of sp³-hybridized carbons (Fsp3) is 0.222. The molecule has 0 unspecified atom stereocenters. The number of aromatic nitrogens is 3. The van der Waals surface area contributed by atoms with Crippen molar-refractivity contribution in [1.29, 1.82) is 5.26 Å². The largest absolute Gasteiger partial charge is 0.483 e. The summed E-state index contributed by atoms with van der Waals surface area (Å²) in [5.41, 5.74) is 1.19. The molecule has 14 heteroatoms. The molecule has 0 saturated carbocycles. The van der Waals surface area contributed by atoms with Crippen molar-refractivity contribution < 1.29 is 30.2 Å². The van der Waals surface area contributed by atoms with Gasteiger partial charge in [-0.05, 0) is 37.4 Å². The fourth-order valence-corrected chi connectivity index (χ4v) is 5.74. The van der Waals surface area contributed by atoms with E-state index in [1.165, 1.54) is 18.3 Å². The van der Waals surface area contributed by atoms with Gasteiger partial charge in [-0.25, -0.2) is 0 Å². The number of H-pyrrole nitrogens is 1. The first kappa shape index (κ1) is 26.7. The summed E-state index contributed by atoms with van der Waals surface area (Å²) in [7, 11) is -3.27. The van der Waals surface area contributed by atoms with Crippen LogP contribution in [-0.4, -0.2) is 60.8 Å². The van der Waals surface area contributed by atoms with Crippen LogP contribution in [0.15, 0.2) is 58.5 Å². The number of nitrogens with one attached hydrogen (secondary N) is 1. The van der Waals surface area contributed by atoms with E-state index in [1.807, 2.05) is 16.5 Å². The highest BCUT2D eigenvalue weighted by atomic mass is 32.3. The molecule has 0 bridgehead atoms. The van der Waals surface area contributed by atoms with Crippen LogP contribution in [0.1, 0.15) is 11.6 Å². The minimum atomic E-state index is -5.17. The topological polar surface area (TPSA) is 121 Å². The van der Waals surface area contributed by atoms with Gasteiger partial charge in [0.2, 0.25) is 0 Å². The number of nitriles is 1. The predicted octanol–water partition coefficient (Wildman–Crippen LogP) is 4.66. The van der Waals surface area contributed by atoms with E-state index in [1.54, 1.807) is 18.2 Å². The number of likely N-dealkylation sites (tertiary alicyclic amines) is 1. The van der Waals surface area contributed by atoms with Crippen molar-refractivity contribution in [2.45, 2.75) is 17.1 Å². The van der Waals surface area contributed by atoms with Gasteiger partial charge in [0.05, 0.1) is 34.0 Å². The Balaban J connectivity index is 1.71. The Morgan fingerprint density at radius 3 is 2.56 bits per heavy atom. The number of hydrogen-bond acceptors (Lipinski definition) is 7. The molecule has 1 fully saturated rings. The molecule has 3 aromatic heterocycles. The third kappa shape index (κ3) is 4.66. The Labute approximate surface area is 229 Å². The normalized spacial score (nSPS) is 14.9. The lowest BCUT2D eigenvalue weighted by molar-refractivity contribution is -0.153. The molecule has 0 aliphatic carbocycles. The van der Waals surface area contributed by atoms with Crippen molar-refractivity contribution in [3.63, 3.8) is 0 Å². The quantitative estimate of drug-likeness (QED) is 0.235. The zero-order chi connectivity index (χ0) is 29.3. The van der Waals surface area contributed by atoms with Crippen LogP contribution in [0, 0.1) is 11.3 Å². The fourth-order valence-electron chi connectivity index (χ4n) is 5.28. The van der Waals surface area contributed by atoms with Gasteiger partial charge in [-0.1, -0.05) is 6.07 Å². The number of benzene rings is 2. The Kier molecular flexibility index (Phi) is 6.05. The number of likely N-dealkylation sites (N-methyl/N-ethyl adjacent to an activating group) is 1. The second-order valence-corrected chi connectivity index (χ2v) is 11.3. The maximum absolute atomic E-state index is 13.9. The Bertz CT molecular complexity index is 2090. The van der Waals surface area contributed by atoms with E-state index in [0.717, 1.165) is 12.3 Å². The average Bonchev–Trinajstić information content (AvgIpc) is 3.28. The SMILES string of the molecule is CN1CC(n2c3cc(-c4cncc(S(=O)(=O)F)c4)c(OCC(F)(F)F)cc3c(=O)c3c4ccc(C#N)cc4[nH]c32)C1. The van der Waals surface area contributed by atoms with E-state index >= 15 is 0 Å². The molecule has 5 aromatic rings. The summed E-state index contributed by atoms with van der Waals surface area (Å²) in [4.78, 5) is 22.2. The van der Waals surface area contributed by atoms with Gasteiger partial charge < -0.3 is 19.2 Å². The van der Waals surface area contributed by atoms with E-state index in [-0.39, 0.29) is 28.3 Å². The number of alkyl halides is 3. The van der Waals surface area contributed by atoms with Crippen LogP contribution < -0.4 is 10.2 Å². The van der Waals surface area contributed by atoms with Gasteiger partial charge in [-0.2, -0.15) is 26.9 Å². The van der Waals surface area contributed by atoms with Crippen LogP contribution in [0.25, 0.3) is 44.0 Å². The second-order valence-electron chi connectivity index (χ2n) is 9.91. The molecule has 4 heterocycles. The predicted molar refractivity (Wildman–Crippen MR) is 142 cm³/mol. The van der Waals surface area contributed by atoms with Gasteiger partial charge in [0.1, 0.15) is 16.3 Å². The number of halogens is 4. The lowest BCUT2D eigenvalue weighted by atomic mass is 10.00. The summed E-state index contributed by atoms with van der Waals surface area (Å²) in [5, 5.41) is 10.3. The molecule has 1 N–H and O–H groups in total. The summed E-state index contributed by atoms with van der Waals surface area (Å²) < 4.78 is 83.5. The van der Waals surface area contributed by atoms with Crippen LogP contribution >= 0.6 is 0 Å². The highest BCUT2D eigenvalue weighted by Gasteiger charge is 2.32. The Hall–Kier alpha value is -4.48. The van der Waals surface area contributed by atoms with Gasteiger partial charge in [0, 0.05) is 47.5 Å². The summed E-state index contributed by atoms with van der Waals surface area (Å²) in [6.45, 7) is -0.483. The number of ether oxygens (including phenoxy) is 1. The third-order valence-electron chi connectivity index (χ3n) is 7.08. The summed E-state index contributed by atoms with van der Waals surface area (Å²) in [6, 6.07) is 10.3. The summed E-state index contributed by atoms with van der Waals surface area (Å²) in [5.74, 6) is -0.356. The van der Waals surface area contributed by atoms with Gasteiger partial charge in [0.15, 0.2) is 12.0 Å². The van der Waals surface area contributed by atoms with Crippen LogP contribution in [0.2, 0.25) is 0 Å². The highest BCUT2D eigenvalue weighted by molar-refractivity contribution is 7.86. The Morgan fingerprint density at radius 2 is 1.90 bits per heavy atom. The molecular formula is C27H19F4N5O4S. The van der Waals surface area contributed by atoms with Crippen molar-refractivity contribution in [3.05, 3.63) is 64.6 Å².